The maximum atomic E-state index is 5.64. The third-order valence-corrected chi connectivity index (χ3v) is 10.3. The van der Waals surface area contributed by atoms with Crippen LogP contribution in [0.5, 0.6) is 0 Å². The zero-order chi connectivity index (χ0) is 32.8. The molecule has 7 aromatic carbocycles. The smallest absolute Gasteiger partial charge is 0.133 e. The number of furan rings is 2. The van der Waals surface area contributed by atoms with Crippen LogP contribution in [-0.2, 0) is 0 Å². The molecule has 4 aromatic heterocycles. The summed E-state index contributed by atoms with van der Waals surface area (Å²) in [5.41, 5.74) is 13.6. The molecule has 0 aliphatic heterocycles. The van der Waals surface area contributed by atoms with Gasteiger partial charge in [-0.2, -0.15) is 0 Å². The van der Waals surface area contributed by atoms with Crippen molar-refractivity contribution in [2.24, 2.45) is 0 Å². The molecule has 4 heterocycles. The van der Waals surface area contributed by atoms with Gasteiger partial charge < -0.3 is 18.0 Å². The molecule has 234 valence electrons. The Morgan fingerprint density at radius 3 is 1.28 bits per heavy atom. The van der Waals surface area contributed by atoms with Crippen molar-refractivity contribution < 1.29 is 8.83 Å². The second-order valence-electron chi connectivity index (χ2n) is 13.0. The quantitative estimate of drug-likeness (QED) is 0.192. The van der Waals surface area contributed by atoms with Crippen molar-refractivity contribution in [3.05, 3.63) is 170 Å². The molecule has 4 heteroatoms. The molecule has 0 saturated carbocycles. The highest BCUT2D eigenvalue weighted by molar-refractivity contribution is 6.12. The van der Waals surface area contributed by atoms with E-state index in [4.69, 9.17) is 8.83 Å². The molecule has 11 rings (SSSR count). The van der Waals surface area contributed by atoms with E-state index in [1.807, 2.05) is 12.1 Å². The number of fused-ring (bicyclic) bond motifs is 8. The molecule has 0 atom stereocenters. The molecule has 0 bridgehead atoms. The molecular formula is C46H28N2O2. The number of para-hydroxylation sites is 2. The summed E-state index contributed by atoms with van der Waals surface area (Å²) in [5.74, 6) is 0. The molecule has 4 nitrogen and oxygen atoms in total. The average Bonchev–Trinajstić information content (AvgIpc) is 3.97. The first-order valence-electron chi connectivity index (χ1n) is 16.9. The maximum Gasteiger partial charge on any atom is 0.133 e. The fourth-order valence-electron chi connectivity index (χ4n) is 8.01. The Morgan fingerprint density at radius 1 is 0.340 bits per heavy atom. The monoisotopic (exact) mass is 640 g/mol. The number of nitrogens with zero attached hydrogens (tertiary/aromatic N) is 2. The predicted octanol–water partition coefficient (Wildman–Crippen LogP) is 12.7. The number of aromatic nitrogens is 2. The molecule has 11 aromatic rings. The molecular weight excluding hydrogens is 613 g/mol. The first-order valence-corrected chi connectivity index (χ1v) is 16.9. The van der Waals surface area contributed by atoms with Crippen LogP contribution in [0.1, 0.15) is 0 Å². The Bertz CT molecular complexity index is 2900. The van der Waals surface area contributed by atoms with Gasteiger partial charge >= 0.3 is 0 Å². The van der Waals surface area contributed by atoms with Gasteiger partial charge in [0.2, 0.25) is 0 Å². The lowest BCUT2D eigenvalue weighted by Gasteiger charge is -2.12. The molecule has 0 N–H and O–H groups in total. The van der Waals surface area contributed by atoms with Crippen molar-refractivity contribution in [3.63, 3.8) is 0 Å². The molecule has 0 aliphatic rings. The summed E-state index contributed by atoms with van der Waals surface area (Å²) in [6.45, 7) is 0. The molecule has 50 heavy (non-hydrogen) atoms. The number of benzene rings is 7. The zero-order valence-corrected chi connectivity index (χ0v) is 26.9. The lowest BCUT2D eigenvalue weighted by atomic mass is 9.93. The summed E-state index contributed by atoms with van der Waals surface area (Å²) in [7, 11) is 0. The van der Waals surface area contributed by atoms with Gasteiger partial charge in [-0.05, 0) is 107 Å². The lowest BCUT2D eigenvalue weighted by Crippen LogP contribution is -1.93. The van der Waals surface area contributed by atoms with Gasteiger partial charge in [0.25, 0.3) is 0 Å². The van der Waals surface area contributed by atoms with E-state index in [2.05, 4.69) is 155 Å². The van der Waals surface area contributed by atoms with E-state index in [9.17, 15) is 0 Å². The van der Waals surface area contributed by atoms with Crippen LogP contribution in [0.3, 0.4) is 0 Å². The fourth-order valence-corrected chi connectivity index (χ4v) is 8.01. The third kappa shape index (κ3) is 3.93. The second kappa shape index (κ2) is 10.4. The van der Waals surface area contributed by atoms with Crippen LogP contribution < -0.4 is 0 Å². The van der Waals surface area contributed by atoms with Crippen molar-refractivity contribution >= 4 is 65.6 Å². The fraction of sp³-hybridized carbons (Fsp3) is 0. The standard InChI is InChI=1S/C46H28N2O2/c1-2-8-36(30-14-18-44-40(28-30)38-10-4-6-12-42(38)48(44)34-16-20-46-32(26-34)22-24-50-46)35(7-1)29-13-17-43-39(27-29)37-9-3-5-11-41(37)47(43)33-15-19-45-31(25-33)21-23-49-45/h1-28H. The van der Waals surface area contributed by atoms with Gasteiger partial charge in [-0.25, -0.2) is 0 Å². The van der Waals surface area contributed by atoms with E-state index in [0.29, 0.717) is 0 Å². The van der Waals surface area contributed by atoms with Gasteiger partial charge in [0.15, 0.2) is 0 Å². The van der Waals surface area contributed by atoms with E-state index in [0.717, 1.165) is 33.3 Å². The van der Waals surface area contributed by atoms with E-state index >= 15 is 0 Å². The van der Waals surface area contributed by atoms with Gasteiger partial charge in [-0.3, -0.25) is 0 Å². The van der Waals surface area contributed by atoms with Crippen molar-refractivity contribution in [2.75, 3.05) is 0 Å². The summed E-state index contributed by atoms with van der Waals surface area (Å²) in [6, 6.07) is 56.8. The minimum atomic E-state index is 0.895. The molecule has 0 radical (unpaired) electrons. The normalized spacial score (nSPS) is 12.0. The molecule has 0 fully saturated rings. The average molecular weight is 641 g/mol. The Labute approximate surface area is 286 Å². The summed E-state index contributed by atoms with van der Waals surface area (Å²) < 4.78 is 16.0. The van der Waals surface area contributed by atoms with Crippen molar-refractivity contribution in [1.29, 1.82) is 0 Å². The lowest BCUT2D eigenvalue weighted by molar-refractivity contribution is 0.615. The van der Waals surface area contributed by atoms with Gasteiger partial charge in [0.1, 0.15) is 11.2 Å². The van der Waals surface area contributed by atoms with E-state index < -0.39 is 0 Å². The van der Waals surface area contributed by atoms with Crippen LogP contribution in [0.25, 0.3) is 99.2 Å². The van der Waals surface area contributed by atoms with Crippen LogP contribution in [0, 0.1) is 0 Å². The second-order valence-corrected chi connectivity index (χ2v) is 13.0. The Morgan fingerprint density at radius 2 is 0.780 bits per heavy atom. The highest BCUT2D eigenvalue weighted by Gasteiger charge is 2.17. The van der Waals surface area contributed by atoms with E-state index in [1.165, 1.54) is 65.9 Å². The Hall–Kier alpha value is -6.78. The maximum absolute atomic E-state index is 5.64. The topological polar surface area (TPSA) is 36.1 Å². The molecule has 0 unspecified atom stereocenters. The first kappa shape index (κ1) is 27.2. The number of hydrogen-bond acceptors (Lipinski definition) is 2. The first-order chi connectivity index (χ1) is 24.8. The van der Waals surface area contributed by atoms with Crippen LogP contribution in [0.2, 0.25) is 0 Å². The highest BCUT2D eigenvalue weighted by atomic mass is 16.3. The Balaban J connectivity index is 1.08. The van der Waals surface area contributed by atoms with Crippen molar-refractivity contribution in [1.82, 2.24) is 9.13 Å². The third-order valence-electron chi connectivity index (χ3n) is 10.3. The van der Waals surface area contributed by atoms with Crippen LogP contribution in [0.4, 0.5) is 0 Å². The molecule has 0 saturated heterocycles. The molecule has 0 aliphatic carbocycles. The summed E-state index contributed by atoms with van der Waals surface area (Å²) in [5, 5.41) is 7.12. The summed E-state index contributed by atoms with van der Waals surface area (Å²) in [4.78, 5) is 0. The van der Waals surface area contributed by atoms with E-state index in [-0.39, 0.29) is 0 Å². The minimum absolute atomic E-state index is 0.895. The van der Waals surface area contributed by atoms with Crippen molar-refractivity contribution in [2.45, 2.75) is 0 Å². The van der Waals surface area contributed by atoms with Gasteiger partial charge in [-0.15, -0.1) is 0 Å². The predicted molar refractivity (Wildman–Crippen MR) is 206 cm³/mol. The zero-order valence-electron chi connectivity index (χ0n) is 26.9. The summed E-state index contributed by atoms with van der Waals surface area (Å²) >= 11 is 0. The molecule has 0 amide bonds. The van der Waals surface area contributed by atoms with Crippen molar-refractivity contribution in [3.8, 4) is 33.6 Å². The van der Waals surface area contributed by atoms with Gasteiger partial charge in [-0.1, -0.05) is 72.8 Å². The Kier molecular flexibility index (Phi) is 5.63. The minimum Gasteiger partial charge on any atom is -0.464 e. The van der Waals surface area contributed by atoms with Crippen LogP contribution in [-0.4, -0.2) is 9.13 Å². The number of rotatable bonds is 4. The molecule has 0 spiro atoms. The van der Waals surface area contributed by atoms with E-state index in [1.54, 1.807) is 12.5 Å². The largest absolute Gasteiger partial charge is 0.464 e. The van der Waals surface area contributed by atoms with Gasteiger partial charge in [0.05, 0.1) is 34.6 Å². The summed E-state index contributed by atoms with van der Waals surface area (Å²) in [6.07, 6.45) is 3.50. The van der Waals surface area contributed by atoms with Crippen LogP contribution in [0.15, 0.2) is 179 Å². The van der Waals surface area contributed by atoms with Crippen LogP contribution >= 0.6 is 0 Å². The number of hydrogen-bond donors (Lipinski definition) is 0. The SMILES string of the molecule is c1ccc(-c2ccc3c(c2)c2ccccc2n3-c2ccc3occc3c2)c(-c2ccc3c(c2)c2ccccc2n3-c2ccc3occc3c2)c1. The highest BCUT2D eigenvalue weighted by Crippen LogP contribution is 2.41. The van der Waals surface area contributed by atoms with Gasteiger partial charge in [0, 0.05) is 43.7 Å².